The zero-order chi connectivity index (χ0) is 28.8. The molecule has 2 heterocycles. The van der Waals surface area contributed by atoms with Gasteiger partial charge in [-0.1, -0.05) is 45.5 Å². The minimum Gasteiger partial charge on any atom is -0.388 e. The Morgan fingerprint density at radius 1 is 1.10 bits per heavy atom. The van der Waals surface area contributed by atoms with Gasteiger partial charge in [0.25, 0.3) is 5.91 Å². The van der Waals surface area contributed by atoms with E-state index in [4.69, 9.17) is 4.42 Å². The number of nitrogens with one attached hydrogen (secondary N) is 1. The van der Waals surface area contributed by atoms with Crippen molar-refractivity contribution in [3.8, 4) is 11.5 Å². The topological polar surface area (TPSA) is 104 Å². The third-order valence-corrected chi connectivity index (χ3v) is 7.24. The molecular weight excluding hydrogens is 520 g/mol. The molecule has 1 N–H and O–H groups in total. The summed E-state index contributed by atoms with van der Waals surface area (Å²) in [5, 5.41) is 10.9. The number of benzene rings is 2. The number of aryl methyl sites for hydroxylation is 2. The van der Waals surface area contributed by atoms with Crippen LogP contribution < -0.4 is 16.0 Å². The summed E-state index contributed by atoms with van der Waals surface area (Å²) in [6.07, 6.45) is 1.94. The molecule has 10 nitrogen and oxygen atoms in total. The van der Waals surface area contributed by atoms with Gasteiger partial charge in [0, 0.05) is 44.5 Å². The maximum atomic E-state index is 13.5. The summed E-state index contributed by atoms with van der Waals surface area (Å²) in [5.41, 5.74) is 4.67. The van der Waals surface area contributed by atoms with Gasteiger partial charge in [-0.05, 0) is 67.5 Å². The second-order valence-corrected chi connectivity index (χ2v) is 10.7. The van der Waals surface area contributed by atoms with Gasteiger partial charge in [0.2, 0.25) is 11.8 Å². The predicted molar refractivity (Wildman–Crippen MR) is 161 cm³/mol. The molecule has 0 saturated carbocycles. The van der Waals surface area contributed by atoms with Gasteiger partial charge in [-0.3, -0.25) is 14.6 Å². The summed E-state index contributed by atoms with van der Waals surface area (Å²) in [4.78, 5) is 40.2. The molecule has 0 saturated heterocycles. The first kappa shape index (κ1) is 31.6. The molecule has 0 radical (unpaired) electrons. The van der Waals surface area contributed by atoms with Gasteiger partial charge in [-0.25, -0.2) is 9.80 Å². The van der Waals surface area contributed by atoms with Crippen LogP contribution >= 0.6 is 0 Å². The first-order valence-corrected chi connectivity index (χ1v) is 13.9. The monoisotopic (exact) mass is 564 g/mol. The van der Waals surface area contributed by atoms with E-state index in [0.717, 1.165) is 24.1 Å². The van der Waals surface area contributed by atoms with Gasteiger partial charge < -0.3 is 14.6 Å². The minimum atomic E-state index is -0.507. The summed E-state index contributed by atoms with van der Waals surface area (Å²) in [7, 11) is 1.78. The van der Waals surface area contributed by atoms with E-state index in [9.17, 15) is 14.4 Å². The van der Waals surface area contributed by atoms with E-state index < -0.39 is 5.76 Å². The van der Waals surface area contributed by atoms with Crippen LogP contribution in [0.15, 0.2) is 51.7 Å². The maximum absolute atomic E-state index is 13.5. The number of hydrazine groups is 1. The minimum absolute atomic E-state index is 0. The Hall–Kier alpha value is -3.92. The molecule has 4 rings (SSSR count). The number of amides is 2. The summed E-state index contributed by atoms with van der Waals surface area (Å²) in [6, 6.07) is 13.7. The molecule has 2 amide bonds. The third-order valence-electron chi connectivity index (χ3n) is 7.24. The molecule has 3 aromatic rings. The summed E-state index contributed by atoms with van der Waals surface area (Å²) < 4.78 is 6.58. The third kappa shape index (κ3) is 7.85. The summed E-state index contributed by atoms with van der Waals surface area (Å²) in [6.45, 7) is 10.5. The first-order valence-electron chi connectivity index (χ1n) is 13.9. The molecule has 1 aromatic heterocycles. The van der Waals surface area contributed by atoms with E-state index >= 15 is 0 Å². The maximum Gasteiger partial charge on any atom is 0.437 e. The number of carbonyl (C=O) groups excluding carboxylic acids is 2. The van der Waals surface area contributed by atoms with Gasteiger partial charge in [0.1, 0.15) is 0 Å². The van der Waals surface area contributed by atoms with Crippen molar-refractivity contribution in [2.45, 2.75) is 67.6 Å². The lowest BCUT2D eigenvalue weighted by Crippen LogP contribution is -2.48. The Kier molecular flexibility index (Phi) is 10.9. The number of anilines is 1. The van der Waals surface area contributed by atoms with Crippen LogP contribution in [-0.2, 0) is 29.2 Å². The number of aromatic nitrogens is 2. The highest BCUT2D eigenvalue weighted by Gasteiger charge is 2.27. The molecule has 1 aliphatic heterocycles. The molecule has 0 unspecified atom stereocenters. The Labute approximate surface area is 242 Å². The number of hydrogen-bond acceptors (Lipinski definition) is 7. The zero-order valence-electron chi connectivity index (χ0n) is 24.1. The van der Waals surface area contributed by atoms with Gasteiger partial charge in [0.15, 0.2) is 0 Å². The molecular formula is C31H44N6O4. The fraction of sp³-hybridized carbons (Fsp3) is 0.484. The average molecular weight is 565 g/mol. The number of nitrogens with zero attached hydrogens (tertiary/aromatic N) is 5. The van der Waals surface area contributed by atoms with Crippen LogP contribution in [0.2, 0.25) is 0 Å². The molecule has 0 bridgehead atoms. The van der Waals surface area contributed by atoms with Crippen molar-refractivity contribution in [3.63, 3.8) is 0 Å². The van der Waals surface area contributed by atoms with Crippen LogP contribution in [0.5, 0.6) is 0 Å². The second kappa shape index (κ2) is 14.1. The molecule has 10 heteroatoms. The van der Waals surface area contributed by atoms with Crippen LogP contribution in [0.3, 0.4) is 0 Å². The Balaban J connectivity index is 0.00000462. The van der Waals surface area contributed by atoms with E-state index in [1.165, 1.54) is 15.8 Å². The highest BCUT2D eigenvalue weighted by atomic mass is 16.4. The quantitative estimate of drug-likeness (QED) is 0.329. The lowest BCUT2D eigenvalue weighted by Gasteiger charge is -2.32. The second-order valence-electron chi connectivity index (χ2n) is 10.7. The van der Waals surface area contributed by atoms with Crippen molar-refractivity contribution in [1.29, 1.82) is 0 Å². The summed E-state index contributed by atoms with van der Waals surface area (Å²) in [5.74, 6) is 0.0566. The van der Waals surface area contributed by atoms with E-state index in [-0.39, 0.29) is 38.2 Å². The van der Waals surface area contributed by atoms with Crippen LogP contribution in [0.1, 0.15) is 57.7 Å². The van der Waals surface area contributed by atoms with Crippen molar-refractivity contribution in [1.82, 2.24) is 25.1 Å². The van der Waals surface area contributed by atoms with E-state index in [2.05, 4.69) is 36.4 Å². The van der Waals surface area contributed by atoms with Gasteiger partial charge in [-0.2, -0.15) is 4.68 Å². The lowest BCUT2D eigenvalue weighted by atomic mass is 10.1. The summed E-state index contributed by atoms with van der Waals surface area (Å²) >= 11 is 0. The molecule has 0 fully saturated rings. The molecule has 222 valence electrons. The Morgan fingerprint density at radius 2 is 1.78 bits per heavy atom. The molecule has 2 aromatic carbocycles. The molecule has 0 spiro atoms. The van der Waals surface area contributed by atoms with Crippen molar-refractivity contribution >= 4 is 17.5 Å². The Bertz CT molecular complexity index is 1370. The van der Waals surface area contributed by atoms with Crippen LogP contribution in [0, 0.1) is 12.8 Å². The van der Waals surface area contributed by atoms with Gasteiger partial charge in [-0.15, -0.1) is 5.10 Å². The van der Waals surface area contributed by atoms with E-state index in [1.807, 2.05) is 43.1 Å². The standard InChI is InChI=1S/C30H40N6O4.CH4/c1-6-36-30(39)40-29(32-36)23-13-14-26(22(4)16-23)34(19-27(37)31-15-9-10-21(2)3)20-28(38)33(5)35-17-24-11-7-8-12-25(24)18-35;/h7-8,11-14,16,21H,6,9-10,15,17-20H2,1-5H3,(H,31,37);1H4. The molecule has 0 aliphatic carbocycles. The molecule has 1 aliphatic rings. The highest BCUT2D eigenvalue weighted by Crippen LogP contribution is 2.27. The SMILES string of the molecule is C.CCn1nc(-c2ccc(N(CC(=O)NCCCC(C)C)CC(=O)N(C)N3Cc4ccccc4C3)c(C)c2)oc1=O. The van der Waals surface area contributed by atoms with Crippen LogP contribution in [0.4, 0.5) is 5.69 Å². The van der Waals surface area contributed by atoms with Crippen LogP contribution in [0.25, 0.3) is 11.5 Å². The normalized spacial score (nSPS) is 12.6. The fourth-order valence-corrected chi connectivity index (χ4v) is 4.91. The number of hydrogen-bond donors (Lipinski definition) is 1. The van der Waals surface area contributed by atoms with Crippen molar-refractivity contribution in [3.05, 3.63) is 69.7 Å². The van der Waals surface area contributed by atoms with Crippen molar-refractivity contribution < 1.29 is 14.0 Å². The van der Waals surface area contributed by atoms with Gasteiger partial charge >= 0.3 is 5.76 Å². The van der Waals surface area contributed by atoms with Crippen LogP contribution in [-0.4, -0.2) is 58.3 Å². The fourth-order valence-electron chi connectivity index (χ4n) is 4.91. The van der Waals surface area contributed by atoms with Gasteiger partial charge in [0.05, 0.1) is 13.1 Å². The Morgan fingerprint density at radius 3 is 2.37 bits per heavy atom. The number of carbonyl (C=O) groups is 2. The number of fused-ring (bicyclic) bond motifs is 1. The number of rotatable bonds is 12. The lowest BCUT2D eigenvalue weighted by molar-refractivity contribution is -0.145. The zero-order valence-corrected chi connectivity index (χ0v) is 24.1. The highest BCUT2D eigenvalue weighted by molar-refractivity contribution is 5.87. The smallest absolute Gasteiger partial charge is 0.388 e. The average Bonchev–Trinajstić information content (AvgIpc) is 3.53. The molecule has 41 heavy (non-hydrogen) atoms. The van der Waals surface area contributed by atoms with Crippen molar-refractivity contribution in [2.24, 2.45) is 5.92 Å². The molecule has 0 atom stereocenters. The number of likely N-dealkylation sites (N-methyl/N-ethyl adjacent to an activating group) is 1. The van der Waals surface area contributed by atoms with Crippen molar-refractivity contribution in [2.75, 3.05) is 31.6 Å². The predicted octanol–water partition coefficient (Wildman–Crippen LogP) is 4.22. The largest absolute Gasteiger partial charge is 0.437 e. The van der Waals surface area contributed by atoms with E-state index in [0.29, 0.717) is 37.7 Å². The van der Waals surface area contributed by atoms with E-state index in [1.54, 1.807) is 23.0 Å². The first-order chi connectivity index (χ1) is 19.2.